The highest BCUT2D eigenvalue weighted by Crippen LogP contribution is 2.29. The molecule has 3 heterocycles. The van der Waals surface area contributed by atoms with Gasteiger partial charge in [-0.1, -0.05) is 42.5 Å². The first-order chi connectivity index (χ1) is 24.1. The summed E-state index contributed by atoms with van der Waals surface area (Å²) in [7, 11) is 0. The van der Waals surface area contributed by atoms with Gasteiger partial charge in [0.25, 0.3) is 5.91 Å². The van der Waals surface area contributed by atoms with Crippen LogP contribution in [0.5, 0.6) is 5.75 Å². The van der Waals surface area contributed by atoms with Crippen LogP contribution < -0.4 is 25.6 Å². The molecule has 9 heteroatoms. The molecule has 3 amide bonds. The first-order valence-electron chi connectivity index (χ1n) is 17.3. The van der Waals surface area contributed by atoms with Crippen molar-refractivity contribution >= 4 is 23.3 Å². The Kier molecular flexibility index (Phi) is 11.8. The molecule has 3 aromatic carbocycles. The van der Waals surface area contributed by atoms with Gasteiger partial charge in [0, 0.05) is 61.8 Å². The number of carbonyl (C=O) groups is 2. The van der Waals surface area contributed by atoms with Gasteiger partial charge in [0.1, 0.15) is 11.9 Å². The zero-order valence-corrected chi connectivity index (χ0v) is 27.9. The van der Waals surface area contributed by atoms with E-state index in [9.17, 15) is 9.59 Å². The lowest BCUT2D eigenvalue weighted by Crippen LogP contribution is -2.37. The van der Waals surface area contributed by atoms with E-state index in [2.05, 4.69) is 42.6 Å². The molecule has 1 atom stereocenters. The van der Waals surface area contributed by atoms with E-state index in [0.717, 1.165) is 67.3 Å². The molecule has 3 N–H and O–H groups in total. The van der Waals surface area contributed by atoms with Gasteiger partial charge in [0.15, 0.2) is 0 Å². The predicted molar refractivity (Wildman–Crippen MR) is 194 cm³/mol. The minimum atomic E-state index is -0.280. The molecule has 2 aliphatic rings. The Bertz CT molecular complexity index is 1730. The second kappa shape index (κ2) is 17.2. The van der Waals surface area contributed by atoms with Crippen LogP contribution in [0.4, 0.5) is 16.2 Å². The van der Waals surface area contributed by atoms with Gasteiger partial charge in [-0.15, -0.1) is 0 Å². The molecule has 0 spiro atoms. The smallest absolute Gasteiger partial charge is 0.319 e. The third-order valence-electron chi connectivity index (χ3n) is 8.86. The Hall–Kier alpha value is -5.33. The zero-order chi connectivity index (χ0) is 33.7. The maximum absolute atomic E-state index is 12.8. The number of pyridine rings is 1. The molecule has 49 heavy (non-hydrogen) atoms. The summed E-state index contributed by atoms with van der Waals surface area (Å²) in [5.74, 6) is 7.42. The Labute approximate surface area is 289 Å². The van der Waals surface area contributed by atoms with Crippen LogP contribution in [0.2, 0.25) is 0 Å². The maximum atomic E-state index is 12.8. The average Bonchev–Trinajstić information content (AvgIpc) is 3.60. The van der Waals surface area contributed by atoms with Gasteiger partial charge in [0.05, 0.1) is 17.8 Å². The van der Waals surface area contributed by atoms with Gasteiger partial charge in [-0.3, -0.25) is 9.78 Å². The molecule has 2 saturated heterocycles. The van der Waals surface area contributed by atoms with E-state index in [0.29, 0.717) is 30.8 Å². The van der Waals surface area contributed by atoms with Crippen LogP contribution >= 0.6 is 0 Å². The Morgan fingerprint density at radius 2 is 1.69 bits per heavy atom. The molecule has 1 unspecified atom stereocenters. The van der Waals surface area contributed by atoms with Crippen molar-refractivity contribution in [2.45, 2.75) is 38.2 Å². The fraction of sp³-hybridized carbons (Fsp3) is 0.325. The normalized spacial score (nSPS) is 15.9. The number of para-hydroxylation sites is 1. The van der Waals surface area contributed by atoms with E-state index >= 15 is 0 Å². The lowest BCUT2D eigenvalue weighted by atomic mass is 10.1. The number of nitrogens with zero attached hydrogens (tertiary/aromatic N) is 3. The van der Waals surface area contributed by atoms with Crippen LogP contribution in [-0.2, 0) is 6.42 Å². The van der Waals surface area contributed by atoms with Crippen LogP contribution in [0, 0.1) is 11.8 Å². The molecule has 4 aromatic rings. The molecule has 1 aromatic heterocycles. The summed E-state index contributed by atoms with van der Waals surface area (Å²) in [6.07, 6.45) is 8.96. The average molecular weight is 657 g/mol. The summed E-state index contributed by atoms with van der Waals surface area (Å²) in [6.45, 7) is 5.81. The first-order valence-corrected chi connectivity index (χ1v) is 17.3. The van der Waals surface area contributed by atoms with Crippen molar-refractivity contribution in [3.63, 3.8) is 0 Å². The minimum absolute atomic E-state index is 0.0603. The molecule has 2 fully saturated rings. The zero-order valence-electron chi connectivity index (χ0n) is 27.9. The number of ether oxygens (including phenoxy) is 1. The van der Waals surface area contributed by atoms with Crippen molar-refractivity contribution in [1.29, 1.82) is 0 Å². The van der Waals surface area contributed by atoms with Gasteiger partial charge >= 0.3 is 6.03 Å². The fourth-order valence-corrected chi connectivity index (χ4v) is 6.22. The third kappa shape index (κ3) is 10.1. The number of benzene rings is 3. The van der Waals surface area contributed by atoms with Crippen molar-refractivity contribution in [3.8, 4) is 17.6 Å². The molecule has 9 nitrogen and oxygen atoms in total. The van der Waals surface area contributed by atoms with E-state index < -0.39 is 0 Å². The third-order valence-corrected chi connectivity index (χ3v) is 8.86. The predicted octanol–water partition coefficient (Wildman–Crippen LogP) is 5.72. The van der Waals surface area contributed by atoms with Crippen molar-refractivity contribution in [2.75, 3.05) is 56.0 Å². The van der Waals surface area contributed by atoms with Gasteiger partial charge in [0.2, 0.25) is 0 Å². The number of amides is 3. The van der Waals surface area contributed by atoms with E-state index in [1.807, 2.05) is 84.9 Å². The SMILES string of the molecule is O=C(NCCc1cccnc1)Nc1ccc(N2CCC(Oc3ccccc3)C2)c(C#Cc2ccc(C(=O)NCCN3CCCCC3)cc2)c1. The van der Waals surface area contributed by atoms with Crippen LogP contribution in [0.15, 0.2) is 97.3 Å². The monoisotopic (exact) mass is 656 g/mol. The van der Waals surface area contributed by atoms with Crippen molar-refractivity contribution in [1.82, 2.24) is 20.5 Å². The molecule has 252 valence electrons. The van der Waals surface area contributed by atoms with E-state index in [1.54, 1.807) is 12.4 Å². The summed E-state index contributed by atoms with van der Waals surface area (Å²) >= 11 is 0. The van der Waals surface area contributed by atoms with Gasteiger partial charge < -0.3 is 30.5 Å². The van der Waals surface area contributed by atoms with E-state index in [4.69, 9.17) is 4.74 Å². The number of likely N-dealkylation sites (tertiary alicyclic amines) is 1. The number of urea groups is 1. The molecule has 2 aliphatic heterocycles. The fourth-order valence-electron chi connectivity index (χ4n) is 6.22. The van der Waals surface area contributed by atoms with Crippen molar-refractivity contribution in [3.05, 3.63) is 120 Å². The Balaban J connectivity index is 1.11. The number of hydrogen-bond donors (Lipinski definition) is 3. The molecule has 0 saturated carbocycles. The van der Waals surface area contributed by atoms with E-state index in [-0.39, 0.29) is 18.0 Å². The quantitative estimate of drug-likeness (QED) is 0.179. The molecule has 0 aliphatic carbocycles. The molecular weight excluding hydrogens is 612 g/mol. The summed E-state index contributed by atoms with van der Waals surface area (Å²) < 4.78 is 6.25. The van der Waals surface area contributed by atoms with Crippen LogP contribution in [-0.4, -0.2) is 73.7 Å². The maximum Gasteiger partial charge on any atom is 0.319 e. The highest BCUT2D eigenvalue weighted by molar-refractivity contribution is 5.94. The minimum Gasteiger partial charge on any atom is -0.489 e. The Morgan fingerprint density at radius 1 is 0.857 bits per heavy atom. The lowest BCUT2D eigenvalue weighted by Gasteiger charge is -2.26. The van der Waals surface area contributed by atoms with Crippen molar-refractivity contribution < 1.29 is 14.3 Å². The standard InChI is InChI=1S/C40H44N6O3/c47-39(42-23-27-45-24-5-2-6-25-45)33-14-11-31(12-15-33)13-16-34-28-35(44-40(48)43-22-19-32-8-7-21-41-29-32)17-18-38(34)46-26-20-37(30-46)49-36-9-3-1-4-10-36/h1,3-4,7-12,14-15,17-18,21,28-29,37H,2,5-6,19-20,22-27,30H2,(H,42,47)(H2,43,44,48). The number of aromatic nitrogens is 1. The van der Waals surface area contributed by atoms with Gasteiger partial charge in [-0.05, 0) is 98.6 Å². The van der Waals surface area contributed by atoms with Crippen LogP contribution in [0.3, 0.4) is 0 Å². The second-order valence-electron chi connectivity index (χ2n) is 12.5. The first kappa shape index (κ1) is 33.6. The van der Waals surface area contributed by atoms with Gasteiger partial charge in [-0.2, -0.15) is 0 Å². The summed E-state index contributed by atoms with van der Waals surface area (Å²) in [5.41, 5.74) is 4.92. The number of nitrogens with one attached hydrogen (secondary N) is 3. The summed E-state index contributed by atoms with van der Waals surface area (Å²) in [6, 6.07) is 26.7. The number of rotatable bonds is 11. The number of carbonyl (C=O) groups excluding carboxylic acids is 2. The number of hydrogen-bond acceptors (Lipinski definition) is 6. The van der Waals surface area contributed by atoms with Gasteiger partial charge in [-0.25, -0.2) is 4.79 Å². The van der Waals surface area contributed by atoms with E-state index in [1.165, 1.54) is 19.3 Å². The Morgan fingerprint density at radius 3 is 2.49 bits per heavy atom. The highest BCUT2D eigenvalue weighted by Gasteiger charge is 2.26. The molecule has 6 rings (SSSR count). The molecular formula is C40H44N6O3. The molecule has 0 bridgehead atoms. The summed E-state index contributed by atoms with van der Waals surface area (Å²) in [5, 5.41) is 8.93. The van der Waals surface area contributed by atoms with Crippen LogP contribution in [0.25, 0.3) is 0 Å². The molecule has 0 radical (unpaired) electrons. The topological polar surface area (TPSA) is 98.8 Å². The largest absolute Gasteiger partial charge is 0.489 e. The van der Waals surface area contributed by atoms with Crippen LogP contribution in [0.1, 0.15) is 52.7 Å². The second-order valence-corrected chi connectivity index (χ2v) is 12.5. The summed E-state index contributed by atoms with van der Waals surface area (Å²) in [4.78, 5) is 34.3. The number of piperidine rings is 1. The van der Waals surface area contributed by atoms with Crippen molar-refractivity contribution in [2.24, 2.45) is 0 Å². The lowest BCUT2D eigenvalue weighted by molar-refractivity contribution is 0.0946. The number of anilines is 2. The highest BCUT2D eigenvalue weighted by atomic mass is 16.5.